The Kier molecular flexibility index (Phi) is 8.11. The smallest absolute Gasteiger partial charge is 0.191 e. The minimum atomic E-state index is -0.854. The minimum absolute atomic E-state index is 0.0120. The van der Waals surface area contributed by atoms with Crippen molar-refractivity contribution in [3.05, 3.63) is 76.4 Å². The molecule has 0 amide bonds. The lowest BCUT2D eigenvalue weighted by atomic mass is 9.95. The topological polar surface area (TPSA) is 105 Å². The Balaban J connectivity index is 1.82. The summed E-state index contributed by atoms with van der Waals surface area (Å²) in [6, 6.07) is 13.2. The van der Waals surface area contributed by atoms with Crippen LogP contribution in [0.1, 0.15) is 27.5 Å². The van der Waals surface area contributed by atoms with Crippen LogP contribution in [0.2, 0.25) is 5.02 Å². The molecule has 1 heterocycles. The molecular weight excluding hydrogens is 496 g/mol. The second kappa shape index (κ2) is 11.5. The summed E-state index contributed by atoms with van der Waals surface area (Å²) in [5, 5.41) is 15.5. The average Bonchev–Trinajstić information content (AvgIpc) is 3.32. The van der Waals surface area contributed by atoms with E-state index in [1.807, 2.05) is 19.1 Å². The lowest BCUT2D eigenvalue weighted by Gasteiger charge is -2.22. The molecule has 0 aliphatic carbocycles. The van der Waals surface area contributed by atoms with Gasteiger partial charge in [-0.1, -0.05) is 17.7 Å². The minimum Gasteiger partial charge on any atom is -0.852 e. The normalized spacial score (nSPS) is 11.7. The van der Waals surface area contributed by atoms with Gasteiger partial charge < -0.3 is 34.4 Å². The van der Waals surface area contributed by atoms with Crippen molar-refractivity contribution in [2.75, 3.05) is 39.9 Å². The number of carbonyl (C=O) groups is 1. The monoisotopic (exact) mass is 523 g/mol. The van der Waals surface area contributed by atoms with Gasteiger partial charge in [0.2, 0.25) is 0 Å². The van der Waals surface area contributed by atoms with E-state index < -0.39 is 6.04 Å². The van der Waals surface area contributed by atoms with Crippen LogP contribution in [0.4, 0.5) is 5.69 Å². The van der Waals surface area contributed by atoms with Gasteiger partial charge in [0.15, 0.2) is 5.78 Å². The van der Waals surface area contributed by atoms with E-state index in [1.165, 1.54) is 14.2 Å². The molecule has 2 N–H and O–H groups in total. The maximum absolute atomic E-state index is 14.1. The maximum Gasteiger partial charge on any atom is 0.191 e. The van der Waals surface area contributed by atoms with Crippen molar-refractivity contribution in [3.63, 3.8) is 0 Å². The molecule has 0 saturated carbocycles. The number of methoxy groups -OCH3 is 3. The lowest BCUT2D eigenvalue weighted by molar-refractivity contribution is -0.370. The number of rotatable bonds is 11. The van der Waals surface area contributed by atoms with Crippen LogP contribution >= 0.6 is 11.6 Å². The van der Waals surface area contributed by atoms with Gasteiger partial charge in [0.05, 0.1) is 27.9 Å². The Labute approximate surface area is 220 Å². The van der Waals surface area contributed by atoms with E-state index in [-0.39, 0.29) is 19.0 Å². The summed E-state index contributed by atoms with van der Waals surface area (Å²) >= 11 is 6.21. The first-order valence-electron chi connectivity index (χ1n) is 11.6. The molecule has 1 aromatic heterocycles. The molecule has 8 nitrogen and oxygen atoms in total. The number of carbonyl (C=O) groups excluding carboxylic acids is 1. The van der Waals surface area contributed by atoms with Gasteiger partial charge in [0.25, 0.3) is 0 Å². The van der Waals surface area contributed by atoms with Crippen LogP contribution in [-0.2, 0) is 0 Å². The van der Waals surface area contributed by atoms with Crippen LogP contribution in [0.25, 0.3) is 10.9 Å². The standard InChI is InChI=1S/C28H28ClN2O6/c1-16-9-22-23(15-30-24(22)14-25(16)35-3)28(33)27(21-6-5-17(29)10-26(21)36-4)31-18-11-19(34-2)13-20(12-18)37-8-7-32/h5-6,9-15,27,30-31H,7-8H2,1-4H3/q-1. The molecule has 4 rings (SSSR count). The van der Waals surface area contributed by atoms with Crippen LogP contribution in [0.15, 0.2) is 54.7 Å². The first-order valence-corrected chi connectivity index (χ1v) is 12.0. The van der Waals surface area contributed by atoms with E-state index >= 15 is 0 Å². The number of ketones is 1. The van der Waals surface area contributed by atoms with Gasteiger partial charge in [0.1, 0.15) is 29.0 Å². The highest BCUT2D eigenvalue weighted by atomic mass is 35.5. The van der Waals surface area contributed by atoms with Crippen LogP contribution in [-0.4, -0.2) is 45.3 Å². The number of nitrogens with one attached hydrogen (secondary N) is 2. The Bertz CT molecular complexity index is 1420. The van der Waals surface area contributed by atoms with E-state index in [0.717, 1.165) is 22.2 Å². The van der Waals surface area contributed by atoms with Gasteiger partial charge in [-0.2, -0.15) is 0 Å². The number of Topliss-reactive ketones (excluding diaryl/α,β-unsaturated/α-hetero) is 1. The number of H-pyrrole nitrogens is 1. The first kappa shape index (κ1) is 26.2. The molecule has 0 spiro atoms. The zero-order valence-electron chi connectivity index (χ0n) is 21.0. The van der Waals surface area contributed by atoms with Crippen LogP contribution < -0.4 is 29.4 Å². The van der Waals surface area contributed by atoms with E-state index in [2.05, 4.69) is 10.3 Å². The highest BCUT2D eigenvalue weighted by Crippen LogP contribution is 2.37. The van der Waals surface area contributed by atoms with Gasteiger partial charge in [-0.3, -0.25) is 4.79 Å². The summed E-state index contributed by atoms with van der Waals surface area (Å²) in [6.45, 7) is 1.56. The van der Waals surface area contributed by atoms with Crippen molar-refractivity contribution in [2.45, 2.75) is 13.0 Å². The number of hydrogen-bond acceptors (Lipinski definition) is 7. The molecule has 3 aromatic carbocycles. The van der Waals surface area contributed by atoms with Gasteiger partial charge in [-0.15, -0.1) is 6.61 Å². The number of hydrogen-bond donors (Lipinski definition) is 2. The van der Waals surface area contributed by atoms with Crippen molar-refractivity contribution in [1.82, 2.24) is 4.98 Å². The quantitative estimate of drug-likeness (QED) is 0.268. The molecular formula is C28H28ClN2O6-. The van der Waals surface area contributed by atoms with Crippen LogP contribution in [0, 0.1) is 6.92 Å². The molecule has 0 bridgehead atoms. The third-order valence-corrected chi connectivity index (χ3v) is 6.25. The zero-order chi connectivity index (χ0) is 26.5. The van der Waals surface area contributed by atoms with Crippen molar-refractivity contribution < 1.29 is 28.8 Å². The average molecular weight is 524 g/mol. The van der Waals surface area contributed by atoms with Gasteiger partial charge in [0, 0.05) is 63.2 Å². The van der Waals surface area contributed by atoms with Gasteiger partial charge in [-0.25, -0.2) is 0 Å². The van der Waals surface area contributed by atoms with E-state index in [4.69, 9.17) is 30.5 Å². The highest BCUT2D eigenvalue weighted by Gasteiger charge is 2.28. The number of fused-ring (bicyclic) bond motifs is 1. The number of benzene rings is 3. The Morgan fingerprint density at radius 2 is 1.76 bits per heavy atom. The number of anilines is 1. The van der Waals surface area contributed by atoms with Crippen molar-refractivity contribution in [2.24, 2.45) is 0 Å². The highest BCUT2D eigenvalue weighted by molar-refractivity contribution is 6.30. The summed E-state index contributed by atoms with van der Waals surface area (Å²) in [5.41, 5.74) is 3.35. The van der Waals surface area contributed by atoms with E-state index in [0.29, 0.717) is 39.1 Å². The fourth-order valence-electron chi connectivity index (χ4n) is 4.23. The SMILES string of the molecule is COc1cc(NC(C(=O)c2c[nH]c3cc(OC)c(C)cc23)c2ccc(Cl)cc2OC)cc(OCC[O-])c1. The number of aromatic amines is 1. The molecule has 0 saturated heterocycles. The molecule has 0 fully saturated rings. The molecule has 37 heavy (non-hydrogen) atoms. The lowest BCUT2D eigenvalue weighted by Crippen LogP contribution is -2.22. The fourth-order valence-corrected chi connectivity index (χ4v) is 4.39. The number of aryl methyl sites for hydroxylation is 1. The van der Waals surface area contributed by atoms with Crippen molar-refractivity contribution in [1.29, 1.82) is 0 Å². The predicted octanol–water partition coefficient (Wildman–Crippen LogP) is 4.93. The molecule has 9 heteroatoms. The summed E-state index contributed by atoms with van der Waals surface area (Å²) in [7, 11) is 4.67. The first-order chi connectivity index (χ1) is 17.9. The third kappa shape index (κ3) is 5.60. The van der Waals surface area contributed by atoms with E-state index in [1.54, 1.807) is 49.7 Å². The Hall–Kier alpha value is -3.88. The second-order valence-electron chi connectivity index (χ2n) is 8.35. The molecule has 194 valence electrons. The number of ether oxygens (including phenoxy) is 4. The summed E-state index contributed by atoms with van der Waals surface area (Å²) in [5.74, 6) is 1.95. The maximum atomic E-state index is 14.1. The van der Waals surface area contributed by atoms with E-state index in [9.17, 15) is 9.90 Å². The molecule has 0 aliphatic heterocycles. The third-order valence-electron chi connectivity index (χ3n) is 6.01. The summed E-state index contributed by atoms with van der Waals surface area (Å²) < 4.78 is 22.0. The Morgan fingerprint density at radius 1 is 1.00 bits per heavy atom. The zero-order valence-corrected chi connectivity index (χ0v) is 21.8. The molecule has 1 atom stereocenters. The summed E-state index contributed by atoms with van der Waals surface area (Å²) in [4.78, 5) is 17.3. The van der Waals surface area contributed by atoms with Crippen molar-refractivity contribution >= 4 is 34.0 Å². The summed E-state index contributed by atoms with van der Waals surface area (Å²) in [6.07, 6.45) is 1.69. The van der Waals surface area contributed by atoms with Gasteiger partial charge in [-0.05, 0) is 30.7 Å². The van der Waals surface area contributed by atoms with Crippen molar-refractivity contribution in [3.8, 4) is 23.0 Å². The van der Waals surface area contributed by atoms with Crippen LogP contribution in [0.5, 0.6) is 23.0 Å². The van der Waals surface area contributed by atoms with Crippen LogP contribution in [0.3, 0.4) is 0 Å². The number of halogens is 1. The molecule has 0 radical (unpaired) electrons. The second-order valence-corrected chi connectivity index (χ2v) is 8.78. The Morgan fingerprint density at radius 3 is 2.46 bits per heavy atom. The fraction of sp³-hybridized carbons (Fsp3) is 0.250. The molecule has 4 aromatic rings. The predicted molar refractivity (Wildman–Crippen MR) is 142 cm³/mol. The molecule has 1 unspecified atom stereocenters. The largest absolute Gasteiger partial charge is 0.852 e. The molecule has 0 aliphatic rings. The van der Waals surface area contributed by atoms with Gasteiger partial charge >= 0.3 is 0 Å². The number of aromatic nitrogens is 1.